The summed E-state index contributed by atoms with van der Waals surface area (Å²) >= 11 is 0. The van der Waals surface area contributed by atoms with Gasteiger partial charge in [-0.15, -0.1) is 0 Å². The van der Waals surface area contributed by atoms with Crippen molar-refractivity contribution < 1.29 is 13.2 Å². The van der Waals surface area contributed by atoms with Crippen LogP contribution in [0.1, 0.15) is 11.1 Å². The molecule has 156 valence electrons. The summed E-state index contributed by atoms with van der Waals surface area (Å²) in [4.78, 5) is 2.47. The zero-order chi connectivity index (χ0) is 20.6. The number of nitrogens with zero attached hydrogens (tertiary/aromatic N) is 2. The van der Waals surface area contributed by atoms with E-state index >= 15 is 0 Å². The number of sulfonamides is 1. The van der Waals surface area contributed by atoms with Gasteiger partial charge in [0.1, 0.15) is 0 Å². The van der Waals surface area contributed by atoms with E-state index in [4.69, 9.17) is 4.74 Å². The van der Waals surface area contributed by atoms with Gasteiger partial charge in [0.05, 0.1) is 29.5 Å². The van der Waals surface area contributed by atoms with Crippen molar-refractivity contribution in [2.24, 2.45) is 0 Å². The Labute approximate surface area is 176 Å². The number of fused-ring (bicyclic) bond motifs is 3. The van der Waals surface area contributed by atoms with Crippen LogP contribution in [0.2, 0.25) is 0 Å². The number of aromatic nitrogens is 2. The Hall–Kier alpha value is -2.52. The Balaban J connectivity index is 1.29. The first-order valence-electron chi connectivity index (χ1n) is 10.2. The van der Waals surface area contributed by atoms with Gasteiger partial charge in [0, 0.05) is 49.3 Å². The van der Waals surface area contributed by atoms with Crippen molar-refractivity contribution in [3.63, 3.8) is 0 Å². The Morgan fingerprint density at radius 2 is 1.83 bits per heavy atom. The van der Waals surface area contributed by atoms with Crippen molar-refractivity contribution in [3.8, 4) is 22.5 Å². The summed E-state index contributed by atoms with van der Waals surface area (Å²) in [5.74, 6) is 0. The molecule has 2 aromatic carbocycles. The van der Waals surface area contributed by atoms with Crippen molar-refractivity contribution >= 4 is 10.0 Å². The van der Waals surface area contributed by atoms with Gasteiger partial charge in [-0.25, -0.2) is 13.1 Å². The number of hydrogen-bond acceptors (Lipinski definition) is 5. The van der Waals surface area contributed by atoms with E-state index in [-0.39, 0.29) is 4.90 Å². The number of ether oxygens (including phenoxy) is 1. The van der Waals surface area contributed by atoms with E-state index in [1.807, 2.05) is 24.3 Å². The second-order valence-corrected chi connectivity index (χ2v) is 9.40. The van der Waals surface area contributed by atoms with E-state index < -0.39 is 10.0 Å². The topological polar surface area (TPSA) is 87.3 Å². The number of aromatic amines is 1. The van der Waals surface area contributed by atoms with Crippen LogP contribution in [-0.2, 0) is 21.2 Å². The lowest BCUT2D eigenvalue weighted by Gasteiger charge is -2.26. The van der Waals surface area contributed by atoms with Gasteiger partial charge in [-0.1, -0.05) is 36.4 Å². The highest BCUT2D eigenvalue weighted by molar-refractivity contribution is 7.89. The molecule has 0 spiro atoms. The second kappa shape index (κ2) is 7.96. The van der Waals surface area contributed by atoms with E-state index in [1.54, 1.807) is 12.1 Å². The molecule has 1 aliphatic carbocycles. The number of benzene rings is 2. The summed E-state index contributed by atoms with van der Waals surface area (Å²) in [7, 11) is -3.54. The van der Waals surface area contributed by atoms with Crippen LogP contribution in [0.5, 0.6) is 0 Å². The summed E-state index contributed by atoms with van der Waals surface area (Å²) in [5.41, 5.74) is 6.48. The van der Waals surface area contributed by atoms with Crippen LogP contribution in [-0.4, -0.2) is 62.9 Å². The normalized spacial score (nSPS) is 16.4. The van der Waals surface area contributed by atoms with E-state index in [2.05, 4.69) is 32.0 Å². The fourth-order valence-electron chi connectivity index (χ4n) is 4.15. The monoisotopic (exact) mass is 424 g/mol. The van der Waals surface area contributed by atoms with Crippen molar-refractivity contribution in [1.82, 2.24) is 19.8 Å². The van der Waals surface area contributed by atoms with Crippen LogP contribution in [0.15, 0.2) is 53.4 Å². The van der Waals surface area contributed by atoms with E-state index in [1.165, 1.54) is 11.1 Å². The molecule has 2 heterocycles. The number of hydrogen-bond donors (Lipinski definition) is 2. The third-order valence-corrected chi connectivity index (χ3v) is 7.26. The molecule has 8 heteroatoms. The molecule has 1 aromatic heterocycles. The van der Waals surface area contributed by atoms with Gasteiger partial charge < -0.3 is 4.74 Å². The fraction of sp³-hybridized carbons (Fsp3) is 0.318. The minimum Gasteiger partial charge on any atom is -0.379 e. The lowest BCUT2D eigenvalue weighted by molar-refractivity contribution is 0.0390. The van der Waals surface area contributed by atoms with Crippen molar-refractivity contribution in [2.75, 3.05) is 39.4 Å². The largest absolute Gasteiger partial charge is 0.379 e. The Morgan fingerprint density at radius 1 is 1.07 bits per heavy atom. The highest BCUT2D eigenvalue weighted by Gasteiger charge is 2.25. The fourth-order valence-corrected chi connectivity index (χ4v) is 5.17. The quantitative estimate of drug-likeness (QED) is 0.496. The molecular weight excluding hydrogens is 400 g/mol. The molecule has 0 bridgehead atoms. The molecule has 2 N–H and O–H groups in total. The van der Waals surface area contributed by atoms with E-state index in [0.29, 0.717) is 26.3 Å². The maximum absolute atomic E-state index is 12.6. The van der Waals surface area contributed by atoms with Crippen molar-refractivity contribution in [2.45, 2.75) is 11.3 Å². The lowest BCUT2D eigenvalue weighted by atomic mass is 10.1. The summed E-state index contributed by atoms with van der Waals surface area (Å²) in [6, 6.07) is 15.3. The van der Waals surface area contributed by atoms with Crippen molar-refractivity contribution in [3.05, 3.63) is 59.7 Å². The van der Waals surface area contributed by atoms with Gasteiger partial charge in [0.25, 0.3) is 0 Å². The highest BCUT2D eigenvalue weighted by atomic mass is 32.2. The second-order valence-electron chi connectivity index (χ2n) is 7.64. The third kappa shape index (κ3) is 3.67. The Morgan fingerprint density at radius 3 is 2.63 bits per heavy atom. The molecule has 0 unspecified atom stereocenters. The summed E-state index contributed by atoms with van der Waals surface area (Å²) in [5, 5.41) is 7.65. The molecule has 1 saturated heterocycles. The number of H-pyrrole nitrogens is 1. The van der Waals surface area contributed by atoms with Crippen LogP contribution in [0.3, 0.4) is 0 Å². The molecule has 0 amide bonds. The summed E-state index contributed by atoms with van der Waals surface area (Å²) in [6.07, 6.45) is 0.834. The van der Waals surface area contributed by atoms with Gasteiger partial charge in [-0.05, 0) is 17.7 Å². The van der Waals surface area contributed by atoms with Crippen LogP contribution >= 0.6 is 0 Å². The zero-order valence-corrected chi connectivity index (χ0v) is 17.4. The van der Waals surface area contributed by atoms with Gasteiger partial charge in [0.15, 0.2) is 0 Å². The minimum absolute atomic E-state index is 0.267. The van der Waals surface area contributed by atoms with Crippen LogP contribution < -0.4 is 4.72 Å². The molecule has 0 radical (unpaired) electrons. The summed E-state index contributed by atoms with van der Waals surface area (Å²) in [6.45, 7) is 4.16. The predicted octanol–water partition coefficient (Wildman–Crippen LogP) is 2.26. The summed E-state index contributed by atoms with van der Waals surface area (Å²) < 4.78 is 33.3. The maximum atomic E-state index is 12.6. The molecule has 30 heavy (non-hydrogen) atoms. The molecule has 5 rings (SSSR count). The number of nitrogens with one attached hydrogen (secondary N) is 2. The zero-order valence-electron chi connectivity index (χ0n) is 16.6. The van der Waals surface area contributed by atoms with Gasteiger partial charge in [-0.2, -0.15) is 5.10 Å². The third-order valence-electron chi connectivity index (χ3n) is 5.78. The maximum Gasteiger partial charge on any atom is 0.240 e. The van der Waals surface area contributed by atoms with Gasteiger partial charge in [-0.3, -0.25) is 10.00 Å². The molecule has 1 aliphatic heterocycles. The average Bonchev–Trinajstić information content (AvgIpc) is 3.34. The molecule has 2 aliphatic rings. The standard InChI is InChI=1S/C22H24N4O3S/c27-30(28,23-9-10-26-11-13-29-14-12-26)18-7-5-16(6-8-18)21-20-15-17-3-1-2-4-19(17)22(20)25-24-21/h1-8,23H,9-15H2,(H,24,25). The molecule has 0 atom stereocenters. The van der Waals surface area contributed by atoms with Gasteiger partial charge >= 0.3 is 0 Å². The minimum atomic E-state index is -3.54. The van der Waals surface area contributed by atoms with Crippen molar-refractivity contribution in [1.29, 1.82) is 0 Å². The molecule has 7 nitrogen and oxygen atoms in total. The molecular formula is C22H24N4O3S. The first-order valence-corrected chi connectivity index (χ1v) is 11.7. The van der Waals surface area contributed by atoms with Crippen LogP contribution in [0.4, 0.5) is 0 Å². The van der Waals surface area contributed by atoms with Crippen LogP contribution in [0, 0.1) is 0 Å². The van der Waals surface area contributed by atoms with Gasteiger partial charge in [0.2, 0.25) is 10.0 Å². The first-order chi connectivity index (χ1) is 14.6. The Kier molecular flexibility index (Phi) is 5.16. The highest BCUT2D eigenvalue weighted by Crippen LogP contribution is 2.39. The lowest BCUT2D eigenvalue weighted by Crippen LogP contribution is -2.41. The van der Waals surface area contributed by atoms with E-state index in [9.17, 15) is 8.42 Å². The molecule has 1 fully saturated rings. The Bertz CT molecular complexity index is 1150. The first kappa shape index (κ1) is 19.4. The van der Waals surface area contributed by atoms with E-state index in [0.717, 1.165) is 42.0 Å². The average molecular weight is 425 g/mol. The smallest absolute Gasteiger partial charge is 0.240 e. The predicted molar refractivity (Wildman–Crippen MR) is 115 cm³/mol. The molecule has 0 saturated carbocycles. The molecule has 3 aromatic rings. The number of rotatable bonds is 6. The van der Waals surface area contributed by atoms with Crippen LogP contribution in [0.25, 0.3) is 22.5 Å². The SMILES string of the molecule is O=S(=O)(NCCN1CCOCC1)c1ccc(-c2n[nH]c3c2Cc2ccccc2-3)cc1. The number of morpholine rings is 1.